The Bertz CT molecular complexity index is 530. The van der Waals surface area contributed by atoms with Gasteiger partial charge in [-0.2, -0.15) is 0 Å². The second kappa shape index (κ2) is 3.75. The summed E-state index contributed by atoms with van der Waals surface area (Å²) in [6, 6.07) is 7.30. The fourth-order valence-electron chi connectivity index (χ4n) is 2.94. The van der Waals surface area contributed by atoms with Gasteiger partial charge in [0.05, 0.1) is 17.6 Å². The highest BCUT2D eigenvalue weighted by Crippen LogP contribution is 2.45. The van der Waals surface area contributed by atoms with Crippen LogP contribution in [0.1, 0.15) is 48.7 Å². The van der Waals surface area contributed by atoms with Gasteiger partial charge in [0, 0.05) is 5.56 Å². The normalized spacial score (nSPS) is 29.7. The first-order valence-corrected chi connectivity index (χ1v) is 6.35. The van der Waals surface area contributed by atoms with Gasteiger partial charge in [0.1, 0.15) is 0 Å². The molecule has 3 nitrogen and oxygen atoms in total. The number of hydrogen-bond acceptors (Lipinski definition) is 3. The molecule has 0 N–H and O–H groups in total. The van der Waals surface area contributed by atoms with Crippen molar-refractivity contribution in [1.29, 1.82) is 0 Å². The summed E-state index contributed by atoms with van der Waals surface area (Å²) < 4.78 is 6.05. The highest BCUT2D eigenvalue weighted by molar-refractivity contribution is 6.45. The lowest BCUT2D eigenvalue weighted by atomic mass is 9.74. The highest BCUT2D eigenvalue weighted by atomic mass is 16.5. The first kappa shape index (κ1) is 11.6. The van der Waals surface area contributed by atoms with E-state index in [0.717, 1.165) is 18.4 Å². The third-order valence-corrected chi connectivity index (χ3v) is 3.94. The number of carbonyl (C=O) groups excluding carboxylic acids is 2. The Labute approximate surface area is 106 Å². The summed E-state index contributed by atoms with van der Waals surface area (Å²) in [6.07, 6.45) is 1.29. The van der Waals surface area contributed by atoms with Gasteiger partial charge in [-0.15, -0.1) is 0 Å². The van der Waals surface area contributed by atoms with Crippen molar-refractivity contribution in [3.8, 4) is 0 Å². The van der Waals surface area contributed by atoms with Crippen LogP contribution in [0.3, 0.4) is 0 Å². The largest absolute Gasteiger partial charge is 0.367 e. The van der Waals surface area contributed by atoms with E-state index >= 15 is 0 Å². The topological polar surface area (TPSA) is 43.4 Å². The molecule has 0 aromatic heterocycles. The predicted molar refractivity (Wildman–Crippen MR) is 66.4 cm³/mol. The van der Waals surface area contributed by atoms with E-state index in [2.05, 4.69) is 0 Å². The van der Waals surface area contributed by atoms with E-state index in [0.29, 0.717) is 5.56 Å². The molecule has 3 heteroatoms. The first-order chi connectivity index (χ1) is 8.49. The lowest BCUT2D eigenvalue weighted by Gasteiger charge is -2.42. The van der Waals surface area contributed by atoms with Crippen molar-refractivity contribution in [2.24, 2.45) is 5.92 Å². The molecule has 0 spiro atoms. The maximum atomic E-state index is 12.1. The van der Waals surface area contributed by atoms with Crippen LogP contribution in [-0.2, 0) is 9.53 Å². The molecule has 0 amide bonds. The molecule has 2 aliphatic rings. The van der Waals surface area contributed by atoms with Gasteiger partial charge >= 0.3 is 0 Å². The van der Waals surface area contributed by atoms with Crippen molar-refractivity contribution in [3.63, 3.8) is 0 Å². The molecule has 1 saturated heterocycles. The van der Waals surface area contributed by atoms with Crippen LogP contribution in [0.2, 0.25) is 0 Å². The van der Waals surface area contributed by atoms with Crippen LogP contribution in [0.4, 0.5) is 0 Å². The van der Waals surface area contributed by atoms with E-state index < -0.39 is 0 Å². The number of fused-ring (bicyclic) bond motifs is 3. The molecule has 1 aliphatic heterocycles. The fourth-order valence-corrected chi connectivity index (χ4v) is 2.94. The summed E-state index contributed by atoms with van der Waals surface area (Å²) in [5.41, 5.74) is 1.16. The summed E-state index contributed by atoms with van der Waals surface area (Å²) in [5, 5.41) is 0. The number of hydrogen-bond donors (Lipinski definition) is 0. The standard InChI is InChI=1S/C15H16O3/c1-15(2)8-7-11-13(17)12(16)9-5-3-4-6-10(9)14(11)18-15/h3-6,11,14H,7-8H2,1-2H3. The molecule has 1 fully saturated rings. The molecule has 0 saturated carbocycles. The number of carbonyl (C=O) groups is 2. The van der Waals surface area contributed by atoms with Crippen molar-refractivity contribution < 1.29 is 14.3 Å². The Kier molecular flexibility index (Phi) is 2.42. The monoisotopic (exact) mass is 244 g/mol. The maximum absolute atomic E-state index is 12.1. The van der Waals surface area contributed by atoms with Crippen molar-refractivity contribution >= 4 is 11.6 Å². The second-order valence-electron chi connectivity index (χ2n) is 5.72. The quantitative estimate of drug-likeness (QED) is 0.659. The number of Topliss-reactive ketones (excluding diaryl/α,β-unsaturated/α-hetero) is 2. The van der Waals surface area contributed by atoms with Crippen LogP contribution in [0.15, 0.2) is 24.3 Å². The van der Waals surface area contributed by atoms with Gasteiger partial charge in [-0.25, -0.2) is 0 Å². The van der Waals surface area contributed by atoms with E-state index in [1.807, 2.05) is 26.0 Å². The Morgan fingerprint density at radius 3 is 2.72 bits per heavy atom. The van der Waals surface area contributed by atoms with Crippen molar-refractivity contribution in [3.05, 3.63) is 35.4 Å². The molecule has 2 atom stereocenters. The molecule has 0 bridgehead atoms. The molecule has 1 heterocycles. The lowest BCUT2D eigenvalue weighted by molar-refractivity contribution is -0.154. The summed E-state index contributed by atoms with van der Waals surface area (Å²) >= 11 is 0. The maximum Gasteiger partial charge on any atom is 0.229 e. The first-order valence-electron chi connectivity index (χ1n) is 6.35. The number of rotatable bonds is 0. The Hall–Kier alpha value is -1.48. The molecular weight excluding hydrogens is 228 g/mol. The molecule has 18 heavy (non-hydrogen) atoms. The van der Waals surface area contributed by atoms with E-state index in [-0.39, 0.29) is 29.2 Å². The predicted octanol–water partition coefficient (Wildman–Crippen LogP) is 2.70. The van der Waals surface area contributed by atoms with Crippen LogP contribution < -0.4 is 0 Å². The van der Waals surface area contributed by atoms with Crippen molar-refractivity contribution in [2.75, 3.05) is 0 Å². The minimum Gasteiger partial charge on any atom is -0.367 e. The zero-order valence-electron chi connectivity index (χ0n) is 10.6. The van der Waals surface area contributed by atoms with E-state index in [4.69, 9.17) is 4.74 Å². The number of benzene rings is 1. The van der Waals surface area contributed by atoms with Crippen molar-refractivity contribution in [2.45, 2.75) is 38.4 Å². The third kappa shape index (κ3) is 1.62. The lowest BCUT2D eigenvalue weighted by Crippen LogP contribution is -2.44. The van der Waals surface area contributed by atoms with E-state index in [1.165, 1.54) is 0 Å². The molecule has 1 aliphatic carbocycles. The smallest absolute Gasteiger partial charge is 0.229 e. The average molecular weight is 244 g/mol. The zero-order chi connectivity index (χ0) is 12.9. The minimum atomic E-state index is -0.352. The number of ketones is 2. The average Bonchev–Trinajstić information content (AvgIpc) is 2.35. The second-order valence-corrected chi connectivity index (χ2v) is 5.72. The summed E-state index contributed by atoms with van der Waals surface area (Å²) in [4.78, 5) is 24.1. The molecule has 1 aromatic carbocycles. The summed E-state index contributed by atoms with van der Waals surface area (Å²) in [7, 11) is 0. The van der Waals surface area contributed by atoms with Crippen molar-refractivity contribution in [1.82, 2.24) is 0 Å². The van der Waals surface area contributed by atoms with Gasteiger partial charge in [-0.05, 0) is 32.3 Å². The van der Waals surface area contributed by atoms with Gasteiger partial charge in [-0.1, -0.05) is 24.3 Å². The molecule has 3 rings (SSSR count). The van der Waals surface area contributed by atoms with E-state index in [1.54, 1.807) is 12.1 Å². The van der Waals surface area contributed by atoms with Crippen LogP contribution in [0.5, 0.6) is 0 Å². The van der Waals surface area contributed by atoms with E-state index in [9.17, 15) is 9.59 Å². The van der Waals surface area contributed by atoms with Crippen LogP contribution in [0, 0.1) is 5.92 Å². The molecular formula is C15H16O3. The minimum absolute atomic E-state index is 0.227. The fraction of sp³-hybridized carbons (Fsp3) is 0.467. The molecule has 94 valence electrons. The van der Waals surface area contributed by atoms with Crippen LogP contribution >= 0.6 is 0 Å². The molecule has 2 unspecified atom stereocenters. The third-order valence-electron chi connectivity index (χ3n) is 3.94. The number of ether oxygens (including phenoxy) is 1. The molecule has 0 radical (unpaired) electrons. The zero-order valence-corrected chi connectivity index (χ0v) is 10.6. The Morgan fingerprint density at radius 2 is 1.94 bits per heavy atom. The van der Waals surface area contributed by atoms with Crippen LogP contribution in [-0.4, -0.2) is 17.2 Å². The van der Waals surface area contributed by atoms with Gasteiger partial charge in [0.25, 0.3) is 0 Å². The van der Waals surface area contributed by atoms with Crippen LogP contribution in [0.25, 0.3) is 0 Å². The van der Waals surface area contributed by atoms with Gasteiger partial charge < -0.3 is 4.74 Å². The van der Waals surface area contributed by atoms with Gasteiger partial charge in [0.2, 0.25) is 11.6 Å². The molecule has 1 aromatic rings. The summed E-state index contributed by atoms with van der Waals surface area (Å²) in [5.74, 6) is -0.926. The van der Waals surface area contributed by atoms with Gasteiger partial charge in [-0.3, -0.25) is 9.59 Å². The SMILES string of the molecule is CC1(C)CCC2C(=O)C(=O)c3ccccc3C2O1. The highest BCUT2D eigenvalue weighted by Gasteiger charge is 2.46. The van der Waals surface area contributed by atoms with Gasteiger partial charge in [0.15, 0.2) is 0 Å². The Balaban J connectivity index is 2.11. The Morgan fingerprint density at radius 1 is 1.22 bits per heavy atom. The summed E-state index contributed by atoms with van der Waals surface area (Å²) in [6.45, 7) is 4.07.